The van der Waals surface area contributed by atoms with Crippen LogP contribution in [0.1, 0.15) is 110 Å². The van der Waals surface area contributed by atoms with Gasteiger partial charge in [0.1, 0.15) is 18.2 Å². The molecule has 0 aliphatic rings. The van der Waals surface area contributed by atoms with Crippen LogP contribution in [-0.4, -0.2) is 65.5 Å². The molecule has 0 radical (unpaired) electrons. The molecule has 11 nitrogen and oxygen atoms in total. The highest BCUT2D eigenvalue weighted by atomic mass is 31.2. The van der Waals surface area contributed by atoms with Crippen molar-refractivity contribution < 1.29 is 28.2 Å². The van der Waals surface area contributed by atoms with Crippen LogP contribution in [-0.2, 0) is 29.8 Å². The number of hydrogen-bond donors (Lipinski definition) is 1. The van der Waals surface area contributed by atoms with Gasteiger partial charge in [0.05, 0.1) is 38.8 Å². The molecular formula is C30H55N5O6P-. The highest BCUT2D eigenvalue weighted by Gasteiger charge is 2.18. The van der Waals surface area contributed by atoms with Crippen molar-refractivity contribution in [1.82, 2.24) is 19.5 Å². The molecule has 0 aromatic carbocycles. The van der Waals surface area contributed by atoms with Crippen molar-refractivity contribution in [2.24, 2.45) is 0 Å². The fraction of sp³-hybridized carbons (Fsp3) is 0.833. The summed E-state index contributed by atoms with van der Waals surface area (Å²) in [7, 11) is -2.67. The molecule has 2 atom stereocenters. The van der Waals surface area contributed by atoms with Crippen LogP contribution in [0.2, 0.25) is 0 Å². The number of aromatic nitrogens is 4. The van der Waals surface area contributed by atoms with Gasteiger partial charge in [-0.2, -0.15) is 0 Å². The maximum atomic E-state index is 12.3. The van der Waals surface area contributed by atoms with Gasteiger partial charge in [-0.05, 0) is 6.42 Å². The van der Waals surface area contributed by atoms with E-state index in [4.69, 9.17) is 24.5 Å². The van der Waals surface area contributed by atoms with E-state index in [2.05, 4.69) is 21.9 Å². The fourth-order valence-electron chi connectivity index (χ4n) is 4.91. The topological polar surface area (TPSA) is 147 Å². The van der Waals surface area contributed by atoms with Gasteiger partial charge >= 0.3 is 0 Å². The van der Waals surface area contributed by atoms with Crippen LogP contribution in [0.4, 0.5) is 5.82 Å². The summed E-state index contributed by atoms with van der Waals surface area (Å²) >= 11 is 0. The number of methoxy groups -OCH3 is 1. The molecule has 0 amide bonds. The lowest BCUT2D eigenvalue weighted by atomic mass is 10.0. The Balaban J connectivity index is 1.43. The number of nitrogens with two attached hydrogens (primary N) is 1. The van der Waals surface area contributed by atoms with E-state index in [9.17, 15) is 9.46 Å². The number of imidazole rings is 1. The summed E-state index contributed by atoms with van der Waals surface area (Å²) in [6.07, 6.45) is 23.0. The molecule has 2 N–H and O–H groups in total. The average Bonchev–Trinajstić information content (AvgIpc) is 3.39. The maximum absolute atomic E-state index is 12.3. The Morgan fingerprint density at radius 1 is 0.857 bits per heavy atom. The van der Waals surface area contributed by atoms with Gasteiger partial charge < -0.3 is 38.5 Å². The summed E-state index contributed by atoms with van der Waals surface area (Å²) in [6, 6.07) is 0. The predicted octanol–water partition coefficient (Wildman–Crippen LogP) is 6.25. The third-order valence-electron chi connectivity index (χ3n) is 7.31. The zero-order chi connectivity index (χ0) is 30.3. The van der Waals surface area contributed by atoms with Crippen LogP contribution < -0.4 is 10.6 Å². The number of nitrogens with zero attached hydrogens (tertiary/aromatic N) is 4. The Labute approximate surface area is 252 Å². The second-order valence-corrected chi connectivity index (χ2v) is 12.8. The molecule has 0 aliphatic heterocycles. The Morgan fingerprint density at radius 2 is 1.45 bits per heavy atom. The van der Waals surface area contributed by atoms with E-state index in [-0.39, 0.29) is 32.2 Å². The summed E-state index contributed by atoms with van der Waals surface area (Å²) in [4.78, 5) is 24.7. The molecule has 0 bridgehead atoms. The molecule has 42 heavy (non-hydrogen) atoms. The third-order valence-corrected chi connectivity index (χ3v) is 8.35. The fourth-order valence-corrected chi connectivity index (χ4v) is 5.74. The van der Waals surface area contributed by atoms with Crippen molar-refractivity contribution in [3.05, 3.63) is 12.7 Å². The maximum Gasteiger partial charge on any atom is 0.165 e. The van der Waals surface area contributed by atoms with Gasteiger partial charge in [-0.25, -0.2) is 15.0 Å². The van der Waals surface area contributed by atoms with Crippen LogP contribution in [0.3, 0.4) is 0 Å². The number of anilines is 1. The summed E-state index contributed by atoms with van der Waals surface area (Å²) in [5.41, 5.74) is 6.85. The first-order chi connectivity index (χ1) is 20.5. The monoisotopic (exact) mass is 612 g/mol. The van der Waals surface area contributed by atoms with E-state index in [0.29, 0.717) is 17.8 Å². The van der Waals surface area contributed by atoms with Crippen molar-refractivity contribution in [2.45, 2.75) is 122 Å². The zero-order valence-electron chi connectivity index (χ0n) is 26.1. The van der Waals surface area contributed by atoms with Gasteiger partial charge in [-0.1, -0.05) is 103 Å². The van der Waals surface area contributed by atoms with E-state index >= 15 is 0 Å². The van der Waals surface area contributed by atoms with Gasteiger partial charge in [0, 0.05) is 13.7 Å². The van der Waals surface area contributed by atoms with Crippen molar-refractivity contribution in [3.63, 3.8) is 0 Å². The molecule has 0 saturated heterocycles. The Morgan fingerprint density at radius 3 is 2.05 bits per heavy atom. The number of unbranched alkanes of at least 4 members (excludes halogenated alkanes) is 15. The van der Waals surface area contributed by atoms with Crippen molar-refractivity contribution in [3.8, 4) is 0 Å². The number of ether oxygens (including phenoxy) is 3. The molecule has 2 rings (SSSR count). The summed E-state index contributed by atoms with van der Waals surface area (Å²) in [6.45, 7) is 3.55. The molecule has 242 valence electrons. The molecular weight excluding hydrogens is 557 g/mol. The SMILES string of the molecule is CCCCCCCCCCCCCCCCCCOCCOP(=O)([O-])CO[C@@H](COC)Cn1cnc2c(N)ncnc21. The van der Waals surface area contributed by atoms with Gasteiger partial charge in [-0.15, -0.1) is 0 Å². The summed E-state index contributed by atoms with van der Waals surface area (Å²) in [5.74, 6) is 0.275. The van der Waals surface area contributed by atoms with Gasteiger partial charge in [0.15, 0.2) is 19.1 Å². The molecule has 2 heterocycles. The lowest BCUT2D eigenvalue weighted by Crippen LogP contribution is -2.27. The van der Waals surface area contributed by atoms with E-state index < -0.39 is 20.0 Å². The Hall–Kier alpha value is -1.62. The first kappa shape index (κ1) is 36.6. The highest BCUT2D eigenvalue weighted by molar-refractivity contribution is 7.51. The Bertz CT molecular complexity index is 994. The molecule has 0 aliphatic carbocycles. The molecule has 1 unspecified atom stereocenters. The van der Waals surface area contributed by atoms with Crippen molar-refractivity contribution in [2.75, 3.05) is 45.6 Å². The first-order valence-electron chi connectivity index (χ1n) is 16.0. The van der Waals surface area contributed by atoms with Crippen LogP contribution >= 0.6 is 7.60 Å². The van der Waals surface area contributed by atoms with Crippen LogP contribution in [0.25, 0.3) is 11.2 Å². The molecule has 0 spiro atoms. The number of rotatable bonds is 28. The van der Waals surface area contributed by atoms with E-state index in [1.54, 1.807) is 10.9 Å². The van der Waals surface area contributed by atoms with E-state index in [0.717, 1.165) is 12.8 Å². The minimum Gasteiger partial charge on any atom is -0.777 e. The molecule has 0 fully saturated rings. The van der Waals surface area contributed by atoms with Crippen molar-refractivity contribution in [1.29, 1.82) is 0 Å². The van der Waals surface area contributed by atoms with Crippen LogP contribution in [0.5, 0.6) is 0 Å². The number of fused-ring (bicyclic) bond motifs is 1. The lowest BCUT2D eigenvalue weighted by Gasteiger charge is -2.26. The lowest BCUT2D eigenvalue weighted by molar-refractivity contribution is -0.206. The van der Waals surface area contributed by atoms with Gasteiger partial charge in [-0.3, -0.25) is 0 Å². The van der Waals surface area contributed by atoms with Gasteiger partial charge in [0.25, 0.3) is 0 Å². The second kappa shape index (κ2) is 22.9. The first-order valence-corrected chi connectivity index (χ1v) is 17.7. The normalized spacial score (nSPS) is 14.0. The molecule has 12 heteroatoms. The number of nitrogen functional groups attached to an aromatic ring is 1. The second-order valence-electron chi connectivity index (χ2n) is 11.1. The summed E-state index contributed by atoms with van der Waals surface area (Å²) < 4.78 is 35.5. The zero-order valence-corrected chi connectivity index (χ0v) is 26.9. The van der Waals surface area contributed by atoms with Gasteiger partial charge in [0.2, 0.25) is 0 Å². The minimum atomic E-state index is -4.19. The number of hydrogen-bond acceptors (Lipinski definition) is 10. The predicted molar refractivity (Wildman–Crippen MR) is 165 cm³/mol. The van der Waals surface area contributed by atoms with E-state index in [1.165, 1.54) is 103 Å². The molecule has 2 aromatic heterocycles. The average molecular weight is 613 g/mol. The van der Waals surface area contributed by atoms with Crippen LogP contribution in [0, 0.1) is 0 Å². The Kier molecular flexibility index (Phi) is 19.9. The minimum absolute atomic E-state index is 0.0275. The molecule has 0 saturated carbocycles. The van der Waals surface area contributed by atoms with Crippen molar-refractivity contribution >= 4 is 24.6 Å². The molecule has 2 aromatic rings. The highest BCUT2D eigenvalue weighted by Crippen LogP contribution is 2.37. The third kappa shape index (κ3) is 16.3. The summed E-state index contributed by atoms with van der Waals surface area (Å²) in [5, 5.41) is 0. The quantitative estimate of drug-likeness (QED) is 0.0864. The smallest absolute Gasteiger partial charge is 0.165 e. The van der Waals surface area contributed by atoms with E-state index in [1.807, 2.05) is 0 Å². The standard InChI is InChI=1S/C30H56N5O6P/c1-3-4-5-6-7-8-9-10-11-12-13-14-15-16-17-18-19-39-20-21-41-42(36,37)26-40-27(23-38-2)22-35-25-34-28-29(31)32-24-33-30(28)35/h24-25,27H,3-23,26H2,1-2H3,(H,36,37)(H2,31,32,33)/p-1/t27-/m1/s1. The largest absolute Gasteiger partial charge is 0.777 e. The van der Waals surface area contributed by atoms with Crippen LogP contribution in [0.15, 0.2) is 12.7 Å².